The van der Waals surface area contributed by atoms with Crippen molar-refractivity contribution in [2.24, 2.45) is 4.99 Å². The molecule has 0 atom stereocenters. The quantitative estimate of drug-likeness (QED) is 0.0433. The molecular formula is C25H57N3O16Si3. The molecule has 4 N–H and O–H groups in total. The number of aliphatic imine (C=N–C) groups is 1. The molecule has 2 amide bonds. The van der Waals surface area contributed by atoms with E-state index in [0.717, 1.165) is 0 Å². The van der Waals surface area contributed by atoms with Gasteiger partial charge in [-0.3, -0.25) is 0 Å². The summed E-state index contributed by atoms with van der Waals surface area (Å²) in [6.07, 6.45) is 2.20. The third-order valence-electron chi connectivity index (χ3n) is 6.12. The normalized spacial score (nSPS) is 11.2. The highest BCUT2D eigenvalue weighted by atomic mass is 28.4. The summed E-state index contributed by atoms with van der Waals surface area (Å²) in [6, 6.07) is 1.77. The van der Waals surface area contributed by atoms with Crippen LogP contribution in [-0.4, -0.2) is 165 Å². The lowest BCUT2D eigenvalue weighted by molar-refractivity contribution is 0.0952. The molecule has 0 rings (SSSR count). The summed E-state index contributed by atoms with van der Waals surface area (Å²) < 4.78 is 57.1. The van der Waals surface area contributed by atoms with Crippen LogP contribution in [0.4, 0.5) is 9.59 Å². The molecule has 0 heterocycles. The Morgan fingerprint density at radius 1 is 0.574 bits per heavy atom. The second-order valence-electron chi connectivity index (χ2n) is 8.74. The van der Waals surface area contributed by atoms with Gasteiger partial charge in [0.15, 0.2) is 0 Å². The van der Waals surface area contributed by atoms with Crippen molar-refractivity contribution < 1.29 is 73.9 Å². The molecule has 0 radical (unpaired) electrons. The predicted molar refractivity (Wildman–Crippen MR) is 174 cm³/mol. The van der Waals surface area contributed by atoms with E-state index < -0.39 is 38.6 Å². The zero-order valence-electron chi connectivity index (χ0n) is 29.2. The van der Waals surface area contributed by atoms with Gasteiger partial charge in [-0.15, -0.1) is 0 Å². The maximum atomic E-state index is 11.6. The highest BCUT2D eigenvalue weighted by molar-refractivity contribution is 6.61. The molecule has 0 saturated heterocycles. The van der Waals surface area contributed by atoms with E-state index in [1.165, 1.54) is 48.7 Å². The molecule has 0 aliphatic heterocycles. The van der Waals surface area contributed by atoms with Crippen LogP contribution >= 0.6 is 0 Å². The van der Waals surface area contributed by atoms with Gasteiger partial charge in [-0.1, -0.05) is 0 Å². The molecule has 0 aliphatic rings. The van der Waals surface area contributed by atoms with Gasteiger partial charge < -0.3 is 70.2 Å². The van der Waals surface area contributed by atoms with Crippen molar-refractivity contribution in [2.75, 3.05) is 110 Å². The van der Waals surface area contributed by atoms with Gasteiger partial charge in [0.2, 0.25) is 6.08 Å². The Bertz CT molecular complexity index is 735. The van der Waals surface area contributed by atoms with Crippen molar-refractivity contribution in [2.45, 2.75) is 37.4 Å². The third-order valence-corrected chi connectivity index (χ3v) is 14.6. The summed E-state index contributed by atoms with van der Waals surface area (Å²) in [5, 5.41) is 20.4. The minimum absolute atomic E-state index is 0.0563. The number of hydrogen-bond donors (Lipinski definition) is 4. The van der Waals surface area contributed by atoms with Crippen molar-refractivity contribution in [1.82, 2.24) is 10.6 Å². The summed E-state index contributed by atoms with van der Waals surface area (Å²) in [5.41, 5.74) is 0. The Balaban J connectivity index is -0.000000937. The fourth-order valence-electron chi connectivity index (χ4n) is 3.45. The maximum Gasteiger partial charge on any atom is 0.500 e. The highest BCUT2D eigenvalue weighted by Crippen LogP contribution is 2.16. The molecule has 0 aromatic rings. The van der Waals surface area contributed by atoms with Gasteiger partial charge >= 0.3 is 38.6 Å². The summed E-state index contributed by atoms with van der Waals surface area (Å²) in [4.78, 5) is 36.4. The molecule has 0 fully saturated rings. The number of nitrogens with zero attached hydrogens (tertiary/aromatic N) is 1. The molecule has 0 spiro atoms. The molecule has 0 unspecified atom stereocenters. The molecule has 22 heteroatoms. The van der Waals surface area contributed by atoms with E-state index in [0.29, 0.717) is 57.0 Å². The zero-order chi connectivity index (χ0) is 36.5. The standard InChI is InChI=1S/C16H36N2O10Si2.C7H15NO4Si.C2H6O2/c1-21-29(22-2,23-3)13-7-9-17-15(19)27-11-12-28-16(20)18-10-8-14-30(24-4,25-5)26-6;1-10-13(11-2,12-3)6-4-5-8-7-9;3-1-2-4/h7-14H2,1-6H3,(H,17,19)(H,18,20);4-6H2,1-3H3;3-4H,1-2H2. The fraction of sp³-hybridized carbons (Fsp3) is 0.880. The van der Waals surface area contributed by atoms with Gasteiger partial charge in [-0.25, -0.2) is 19.4 Å². The largest absolute Gasteiger partial charge is 0.500 e. The van der Waals surface area contributed by atoms with Crippen LogP contribution in [-0.2, 0) is 54.1 Å². The molecule has 0 aliphatic carbocycles. The number of aliphatic hydroxyl groups excluding tert-OH is 2. The van der Waals surface area contributed by atoms with E-state index in [1.807, 2.05) is 0 Å². The number of aliphatic hydroxyl groups is 2. The fourth-order valence-corrected chi connectivity index (χ4v) is 8.60. The average molecular weight is 740 g/mol. The van der Waals surface area contributed by atoms with E-state index in [1.54, 1.807) is 21.3 Å². The number of ether oxygens (including phenoxy) is 2. The van der Waals surface area contributed by atoms with Gasteiger partial charge in [0.1, 0.15) is 13.2 Å². The lowest BCUT2D eigenvalue weighted by Gasteiger charge is -2.24. The first-order valence-corrected chi connectivity index (χ1v) is 20.3. The third kappa shape index (κ3) is 24.9. The first-order valence-electron chi connectivity index (χ1n) is 14.5. The summed E-state index contributed by atoms with van der Waals surface area (Å²) >= 11 is 0. The van der Waals surface area contributed by atoms with Crippen LogP contribution in [0.1, 0.15) is 19.3 Å². The molecule has 47 heavy (non-hydrogen) atoms. The van der Waals surface area contributed by atoms with Crippen LogP contribution in [0.5, 0.6) is 0 Å². The molecule has 0 aromatic heterocycles. The number of carbonyl (C=O) groups excluding carboxylic acids is 3. The van der Waals surface area contributed by atoms with Gasteiger partial charge in [-0.2, -0.15) is 0 Å². The summed E-state index contributed by atoms with van der Waals surface area (Å²) in [6.45, 7) is 0.827. The van der Waals surface area contributed by atoms with E-state index in [9.17, 15) is 14.4 Å². The van der Waals surface area contributed by atoms with Crippen LogP contribution in [0.2, 0.25) is 18.1 Å². The first kappa shape index (κ1) is 49.5. The Morgan fingerprint density at radius 3 is 1.13 bits per heavy atom. The Hall–Kier alpha value is -1.87. The number of carbonyl (C=O) groups is 2. The van der Waals surface area contributed by atoms with E-state index >= 15 is 0 Å². The monoisotopic (exact) mass is 739 g/mol. The lowest BCUT2D eigenvalue weighted by atomic mass is 10.5. The number of rotatable bonds is 25. The molecule has 19 nitrogen and oxygen atoms in total. The molecule has 0 aromatic carbocycles. The van der Waals surface area contributed by atoms with Gasteiger partial charge in [0, 0.05) is 95.2 Å². The lowest BCUT2D eigenvalue weighted by Crippen LogP contribution is -2.43. The van der Waals surface area contributed by atoms with Gasteiger partial charge in [0.25, 0.3) is 0 Å². The number of nitrogens with one attached hydrogen (secondary N) is 2. The van der Waals surface area contributed by atoms with Crippen LogP contribution in [0.15, 0.2) is 4.99 Å². The van der Waals surface area contributed by atoms with E-state index in [2.05, 4.69) is 15.6 Å². The van der Waals surface area contributed by atoms with Crippen molar-refractivity contribution >= 4 is 44.7 Å². The van der Waals surface area contributed by atoms with Crippen molar-refractivity contribution in [3.63, 3.8) is 0 Å². The molecule has 280 valence electrons. The Labute approximate surface area is 281 Å². The summed E-state index contributed by atoms with van der Waals surface area (Å²) in [7, 11) is 6.13. The molecular weight excluding hydrogens is 683 g/mol. The van der Waals surface area contributed by atoms with E-state index in [-0.39, 0.29) is 26.4 Å². The van der Waals surface area contributed by atoms with Gasteiger partial charge in [-0.05, 0) is 19.3 Å². The number of alkyl carbamates (subject to hydrolysis) is 2. The number of isocyanates is 1. The summed E-state index contributed by atoms with van der Waals surface area (Å²) in [5.74, 6) is 0. The second-order valence-corrected chi connectivity index (χ2v) is 18.0. The Kier molecular flexibility index (Phi) is 34.4. The SMILES string of the molecule is CO[Si](CCCN=C=O)(OC)OC.CO[Si](CCCNC(=O)OCCOC(=O)NCCC[Si](OC)(OC)OC)(OC)OC.OCCO. The smallest absolute Gasteiger partial charge is 0.446 e. The van der Waals surface area contributed by atoms with Crippen LogP contribution < -0.4 is 10.6 Å². The molecule has 0 bridgehead atoms. The molecule has 0 saturated carbocycles. The number of amides is 2. The zero-order valence-corrected chi connectivity index (χ0v) is 32.2. The van der Waals surface area contributed by atoms with Crippen LogP contribution in [0.25, 0.3) is 0 Å². The van der Waals surface area contributed by atoms with Crippen molar-refractivity contribution in [3.05, 3.63) is 0 Å². The maximum absolute atomic E-state index is 11.6. The average Bonchev–Trinajstić information content (AvgIpc) is 3.11. The topological polar surface area (TPSA) is 230 Å². The minimum Gasteiger partial charge on any atom is -0.446 e. The van der Waals surface area contributed by atoms with Crippen molar-refractivity contribution in [1.29, 1.82) is 0 Å². The first-order chi connectivity index (χ1) is 22.5. The second kappa shape index (κ2) is 32.7. The van der Waals surface area contributed by atoms with Crippen molar-refractivity contribution in [3.8, 4) is 0 Å². The predicted octanol–water partition coefficient (Wildman–Crippen LogP) is 0.537. The van der Waals surface area contributed by atoms with Gasteiger partial charge in [0.05, 0.1) is 19.8 Å². The highest BCUT2D eigenvalue weighted by Gasteiger charge is 2.38. The van der Waals surface area contributed by atoms with E-state index in [4.69, 9.17) is 59.5 Å². The number of hydrogen-bond acceptors (Lipinski definition) is 17. The minimum atomic E-state index is -2.64. The Morgan fingerprint density at radius 2 is 0.872 bits per heavy atom. The van der Waals surface area contributed by atoms with Crippen LogP contribution in [0, 0.1) is 0 Å². The van der Waals surface area contributed by atoms with Crippen LogP contribution in [0.3, 0.4) is 0 Å².